The minimum atomic E-state index is -0.225. The molecule has 1 saturated heterocycles. The standard InChI is InChI=1S/C27H25FN4S/c1-17-15-21(12-13-23(17)28)32-26(25(30-27(32)33)24-11-7-8-14-29-24)22-16-18(2)31(19(22)3)20-9-5-4-6-10-20/h4-16,25-26H,1-3H3,(H,30,33)/t25-,26+/m1/s1. The number of hydrogen-bond acceptors (Lipinski definition) is 2. The third-order valence-electron chi connectivity index (χ3n) is 6.32. The van der Waals surface area contributed by atoms with Gasteiger partial charge in [-0.1, -0.05) is 24.3 Å². The molecule has 0 amide bonds. The lowest BCUT2D eigenvalue weighted by molar-refractivity contribution is 0.564. The number of halogens is 1. The molecule has 6 heteroatoms. The van der Waals surface area contributed by atoms with Gasteiger partial charge < -0.3 is 14.8 Å². The quantitative estimate of drug-likeness (QED) is 0.376. The Hall–Kier alpha value is -3.51. The first-order valence-corrected chi connectivity index (χ1v) is 11.4. The number of aryl methyl sites for hydroxylation is 2. The molecular weight excluding hydrogens is 431 g/mol. The van der Waals surface area contributed by atoms with Crippen LogP contribution in [0.15, 0.2) is 79.0 Å². The second-order valence-corrected chi connectivity index (χ2v) is 8.81. The molecular formula is C27H25FN4S. The maximum Gasteiger partial charge on any atom is 0.174 e. The van der Waals surface area contributed by atoms with Crippen molar-refractivity contribution in [2.75, 3.05) is 4.90 Å². The molecule has 5 rings (SSSR count). The fraction of sp³-hybridized carbons (Fsp3) is 0.185. The van der Waals surface area contributed by atoms with Crippen molar-refractivity contribution >= 4 is 23.0 Å². The Labute approximate surface area is 198 Å². The van der Waals surface area contributed by atoms with E-state index in [-0.39, 0.29) is 17.9 Å². The average Bonchev–Trinajstić information content (AvgIpc) is 3.32. The predicted octanol–water partition coefficient (Wildman–Crippen LogP) is 6.11. The van der Waals surface area contributed by atoms with Crippen LogP contribution >= 0.6 is 12.2 Å². The van der Waals surface area contributed by atoms with E-state index in [1.165, 1.54) is 6.07 Å². The fourth-order valence-electron chi connectivity index (χ4n) is 4.79. The zero-order valence-electron chi connectivity index (χ0n) is 18.8. The van der Waals surface area contributed by atoms with E-state index in [0.717, 1.165) is 34.0 Å². The molecule has 3 heterocycles. The van der Waals surface area contributed by atoms with Gasteiger partial charge in [0.2, 0.25) is 0 Å². The summed E-state index contributed by atoms with van der Waals surface area (Å²) in [4.78, 5) is 6.73. The lowest BCUT2D eigenvalue weighted by Crippen LogP contribution is -2.29. The van der Waals surface area contributed by atoms with E-state index in [1.807, 2.05) is 42.5 Å². The molecule has 1 aliphatic heterocycles. The molecule has 2 aromatic carbocycles. The molecule has 0 unspecified atom stereocenters. The monoisotopic (exact) mass is 456 g/mol. The van der Waals surface area contributed by atoms with Gasteiger partial charge in [0.05, 0.1) is 17.8 Å². The van der Waals surface area contributed by atoms with Crippen LogP contribution in [0.4, 0.5) is 10.1 Å². The molecule has 0 bridgehead atoms. The van der Waals surface area contributed by atoms with Crippen LogP contribution in [0.2, 0.25) is 0 Å². The molecule has 0 radical (unpaired) electrons. The molecule has 4 nitrogen and oxygen atoms in total. The van der Waals surface area contributed by atoms with Gasteiger partial charge in [-0.25, -0.2) is 4.39 Å². The Morgan fingerprint density at radius 1 is 0.909 bits per heavy atom. The van der Waals surface area contributed by atoms with Crippen molar-refractivity contribution in [3.05, 3.63) is 113 Å². The van der Waals surface area contributed by atoms with Gasteiger partial charge in [-0.2, -0.15) is 0 Å². The van der Waals surface area contributed by atoms with Crippen LogP contribution in [0.25, 0.3) is 5.69 Å². The third kappa shape index (κ3) is 3.70. The lowest BCUT2D eigenvalue weighted by Gasteiger charge is -2.28. The number of rotatable bonds is 4. The summed E-state index contributed by atoms with van der Waals surface area (Å²) in [6, 6.07) is 23.3. The number of hydrogen-bond donors (Lipinski definition) is 1. The van der Waals surface area contributed by atoms with Crippen molar-refractivity contribution in [2.24, 2.45) is 0 Å². The average molecular weight is 457 g/mol. The Bertz CT molecular complexity index is 1320. The van der Waals surface area contributed by atoms with E-state index in [0.29, 0.717) is 10.7 Å². The van der Waals surface area contributed by atoms with Crippen LogP contribution in [-0.2, 0) is 0 Å². The van der Waals surface area contributed by atoms with Gasteiger partial charge in [-0.3, -0.25) is 4.98 Å². The van der Waals surface area contributed by atoms with Gasteiger partial charge in [-0.05, 0) is 92.6 Å². The molecule has 1 fully saturated rings. The summed E-state index contributed by atoms with van der Waals surface area (Å²) in [6.07, 6.45) is 1.80. The van der Waals surface area contributed by atoms with E-state index in [1.54, 1.807) is 19.2 Å². The first-order valence-electron chi connectivity index (χ1n) is 11.0. The number of para-hydroxylation sites is 1. The van der Waals surface area contributed by atoms with Crippen molar-refractivity contribution in [3.63, 3.8) is 0 Å². The van der Waals surface area contributed by atoms with E-state index < -0.39 is 0 Å². The normalized spacial score (nSPS) is 17.9. The van der Waals surface area contributed by atoms with Crippen LogP contribution in [0.1, 0.15) is 40.3 Å². The molecule has 33 heavy (non-hydrogen) atoms. The lowest BCUT2D eigenvalue weighted by atomic mass is 9.96. The highest BCUT2D eigenvalue weighted by molar-refractivity contribution is 7.80. The van der Waals surface area contributed by atoms with E-state index in [9.17, 15) is 4.39 Å². The Morgan fingerprint density at radius 3 is 2.36 bits per heavy atom. The smallest absolute Gasteiger partial charge is 0.174 e. The Balaban J connectivity index is 1.69. The van der Waals surface area contributed by atoms with Gasteiger partial charge >= 0.3 is 0 Å². The maximum atomic E-state index is 14.1. The molecule has 1 aliphatic rings. The molecule has 166 valence electrons. The summed E-state index contributed by atoms with van der Waals surface area (Å²) in [6.45, 7) is 6.03. The summed E-state index contributed by atoms with van der Waals surface area (Å²) in [5.74, 6) is -0.225. The van der Waals surface area contributed by atoms with Gasteiger partial charge in [0.1, 0.15) is 5.82 Å². The largest absolute Gasteiger partial charge is 0.351 e. The highest BCUT2D eigenvalue weighted by Crippen LogP contribution is 2.44. The molecule has 0 spiro atoms. The van der Waals surface area contributed by atoms with Crippen molar-refractivity contribution in [1.82, 2.24) is 14.9 Å². The molecule has 1 N–H and O–H groups in total. The van der Waals surface area contributed by atoms with Crippen molar-refractivity contribution in [3.8, 4) is 5.69 Å². The van der Waals surface area contributed by atoms with E-state index in [2.05, 4.69) is 51.8 Å². The van der Waals surface area contributed by atoms with E-state index in [4.69, 9.17) is 12.2 Å². The summed E-state index contributed by atoms with van der Waals surface area (Å²) < 4.78 is 16.3. The highest BCUT2D eigenvalue weighted by atomic mass is 32.1. The Morgan fingerprint density at radius 2 is 1.67 bits per heavy atom. The summed E-state index contributed by atoms with van der Waals surface area (Å²) in [5.41, 5.74) is 6.91. The highest BCUT2D eigenvalue weighted by Gasteiger charge is 2.42. The van der Waals surface area contributed by atoms with Crippen LogP contribution in [0, 0.1) is 26.6 Å². The van der Waals surface area contributed by atoms with Crippen LogP contribution < -0.4 is 10.2 Å². The SMILES string of the molecule is Cc1cc(N2C(=S)N[C@H](c3ccccn3)[C@@H]2c2cc(C)n(-c3ccccc3)c2C)ccc1F. The van der Waals surface area contributed by atoms with Gasteiger partial charge in [0.25, 0.3) is 0 Å². The number of nitrogens with one attached hydrogen (secondary N) is 1. The number of pyridine rings is 1. The molecule has 2 atom stereocenters. The number of nitrogens with zero attached hydrogens (tertiary/aromatic N) is 3. The minimum Gasteiger partial charge on any atom is -0.351 e. The predicted molar refractivity (Wildman–Crippen MR) is 134 cm³/mol. The number of aromatic nitrogens is 2. The van der Waals surface area contributed by atoms with Crippen LogP contribution in [0.3, 0.4) is 0 Å². The molecule has 2 aromatic heterocycles. The first kappa shape index (κ1) is 21.3. The molecule has 0 aliphatic carbocycles. The third-order valence-corrected chi connectivity index (χ3v) is 6.64. The van der Waals surface area contributed by atoms with Gasteiger partial charge in [-0.15, -0.1) is 0 Å². The molecule has 4 aromatic rings. The van der Waals surface area contributed by atoms with Gasteiger partial charge in [0, 0.05) is 29.0 Å². The first-order chi connectivity index (χ1) is 16.0. The summed E-state index contributed by atoms with van der Waals surface area (Å²) in [5, 5.41) is 4.09. The topological polar surface area (TPSA) is 33.1 Å². The maximum absolute atomic E-state index is 14.1. The fourth-order valence-corrected chi connectivity index (χ4v) is 5.14. The van der Waals surface area contributed by atoms with Crippen molar-refractivity contribution in [2.45, 2.75) is 32.9 Å². The number of thiocarbonyl (C=S) groups is 1. The van der Waals surface area contributed by atoms with Gasteiger partial charge in [0.15, 0.2) is 5.11 Å². The van der Waals surface area contributed by atoms with Crippen LogP contribution in [0.5, 0.6) is 0 Å². The second kappa shape index (κ2) is 8.45. The zero-order chi connectivity index (χ0) is 23.1. The second-order valence-electron chi connectivity index (χ2n) is 8.43. The van der Waals surface area contributed by atoms with Crippen molar-refractivity contribution < 1.29 is 4.39 Å². The summed E-state index contributed by atoms with van der Waals surface area (Å²) in [7, 11) is 0. The Kier molecular flexibility index (Phi) is 5.46. The van der Waals surface area contributed by atoms with Crippen molar-refractivity contribution in [1.29, 1.82) is 0 Å². The number of benzene rings is 2. The van der Waals surface area contributed by atoms with E-state index >= 15 is 0 Å². The minimum absolute atomic E-state index is 0.138. The zero-order valence-corrected chi connectivity index (χ0v) is 19.6. The number of anilines is 1. The summed E-state index contributed by atoms with van der Waals surface area (Å²) >= 11 is 5.82. The van der Waals surface area contributed by atoms with Crippen LogP contribution in [-0.4, -0.2) is 14.7 Å². The molecule has 0 saturated carbocycles.